The van der Waals surface area contributed by atoms with Crippen LogP contribution in [0.3, 0.4) is 0 Å². The lowest BCUT2D eigenvalue weighted by Crippen LogP contribution is -2.52. The lowest BCUT2D eigenvalue weighted by Gasteiger charge is -2.30. The zero-order chi connectivity index (χ0) is 15.1. The number of rotatable bonds is 6. The molecule has 0 aromatic heterocycles. The monoisotopic (exact) mass is 282 g/mol. The molecule has 0 bridgehead atoms. The van der Waals surface area contributed by atoms with Gasteiger partial charge in [0.05, 0.1) is 19.3 Å². The molecule has 0 saturated carbocycles. The molecule has 1 rings (SSSR count). The highest BCUT2D eigenvalue weighted by Gasteiger charge is 2.39. The second-order valence-electron chi connectivity index (χ2n) is 4.80. The van der Waals surface area contributed by atoms with Crippen LogP contribution in [-0.2, 0) is 9.53 Å². The first-order valence-corrected chi connectivity index (χ1v) is 6.86. The highest BCUT2D eigenvalue weighted by molar-refractivity contribution is 5.77. The Balaban J connectivity index is 2.72. The van der Waals surface area contributed by atoms with E-state index in [1.54, 1.807) is 0 Å². The molecule has 3 unspecified atom stereocenters. The summed E-state index contributed by atoms with van der Waals surface area (Å²) < 4.78 is 5.21. The number of ether oxygens (including phenoxy) is 1. The molecular weight excluding hydrogens is 260 g/mol. The summed E-state index contributed by atoms with van der Waals surface area (Å²) >= 11 is 0. The SMILES string of the molecule is C#CCC(CC)NC(=O)N(CC)C1COCC1C(=O)O. The van der Waals surface area contributed by atoms with Crippen molar-refractivity contribution in [3.63, 3.8) is 0 Å². The molecule has 0 aliphatic carbocycles. The fourth-order valence-electron chi connectivity index (χ4n) is 2.31. The number of urea groups is 1. The third-order valence-electron chi connectivity index (χ3n) is 3.55. The van der Waals surface area contributed by atoms with E-state index < -0.39 is 17.9 Å². The Morgan fingerprint density at radius 3 is 2.70 bits per heavy atom. The van der Waals surface area contributed by atoms with E-state index in [0.29, 0.717) is 13.0 Å². The van der Waals surface area contributed by atoms with Crippen molar-refractivity contribution in [3.8, 4) is 12.3 Å². The van der Waals surface area contributed by atoms with E-state index >= 15 is 0 Å². The molecule has 6 nitrogen and oxygen atoms in total. The maximum Gasteiger partial charge on any atom is 0.317 e. The fourth-order valence-corrected chi connectivity index (χ4v) is 2.31. The molecule has 0 spiro atoms. The van der Waals surface area contributed by atoms with Gasteiger partial charge in [-0.25, -0.2) is 4.79 Å². The van der Waals surface area contributed by atoms with Gasteiger partial charge in [-0.05, 0) is 13.3 Å². The van der Waals surface area contributed by atoms with Crippen LogP contribution in [0.4, 0.5) is 4.79 Å². The summed E-state index contributed by atoms with van der Waals surface area (Å²) in [7, 11) is 0. The van der Waals surface area contributed by atoms with Crippen LogP contribution < -0.4 is 5.32 Å². The second kappa shape index (κ2) is 7.75. The van der Waals surface area contributed by atoms with Gasteiger partial charge in [0, 0.05) is 19.0 Å². The highest BCUT2D eigenvalue weighted by atomic mass is 16.5. The molecule has 6 heteroatoms. The number of carbonyl (C=O) groups excluding carboxylic acids is 1. The first-order valence-electron chi connectivity index (χ1n) is 6.86. The van der Waals surface area contributed by atoms with Gasteiger partial charge in [-0.3, -0.25) is 4.79 Å². The molecule has 1 saturated heterocycles. The molecule has 2 amide bonds. The molecule has 0 aromatic rings. The standard InChI is InChI=1S/C14H22N2O4/c1-4-7-10(5-2)15-14(19)16(6-3)12-9-20-8-11(12)13(17)18/h1,10-12H,5-9H2,2-3H3,(H,15,19)(H,17,18). The van der Waals surface area contributed by atoms with Gasteiger partial charge < -0.3 is 20.1 Å². The number of terminal acetylenes is 1. The molecule has 1 heterocycles. The number of likely N-dealkylation sites (N-methyl/N-ethyl adjacent to an activating group) is 1. The van der Waals surface area contributed by atoms with Gasteiger partial charge in [-0.15, -0.1) is 12.3 Å². The van der Waals surface area contributed by atoms with Gasteiger partial charge in [0.25, 0.3) is 0 Å². The Bertz CT molecular complexity index is 391. The van der Waals surface area contributed by atoms with Crippen molar-refractivity contribution in [1.82, 2.24) is 10.2 Å². The number of amides is 2. The van der Waals surface area contributed by atoms with Crippen molar-refractivity contribution < 1.29 is 19.4 Å². The van der Waals surface area contributed by atoms with Crippen LogP contribution in [0.1, 0.15) is 26.7 Å². The quantitative estimate of drug-likeness (QED) is 0.710. The maximum absolute atomic E-state index is 12.3. The summed E-state index contributed by atoms with van der Waals surface area (Å²) in [6.07, 6.45) is 6.46. The lowest BCUT2D eigenvalue weighted by molar-refractivity contribution is -0.142. The van der Waals surface area contributed by atoms with Crippen LogP contribution in [0.15, 0.2) is 0 Å². The van der Waals surface area contributed by atoms with Crippen LogP contribution in [0.25, 0.3) is 0 Å². The molecule has 2 N–H and O–H groups in total. The molecular formula is C14H22N2O4. The molecule has 0 radical (unpaired) electrons. The predicted molar refractivity (Wildman–Crippen MR) is 74.2 cm³/mol. The van der Waals surface area contributed by atoms with Crippen molar-refractivity contribution in [2.24, 2.45) is 5.92 Å². The number of hydrogen-bond acceptors (Lipinski definition) is 3. The van der Waals surface area contributed by atoms with E-state index in [4.69, 9.17) is 16.3 Å². The van der Waals surface area contributed by atoms with Crippen LogP contribution in [0.5, 0.6) is 0 Å². The Hall–Kier alpha value is -1.74. The van der Waals surface area contributed by atoms with Crippen LogP contribution in [0.2, 0.25) is 0 Å². The number of carboxylic acids is 1. The van der Waals surface area contributed by atoms with Crippen molar-refractivity contribution >= 4 is 12.0 Å². The molecule has 1 fully saturated rings. The topological polar surface area (TPSA) is 78.9 Å². The average molecular weight is 282 g/mol. The number of nitrogens with one attached hydrogen (secondary N) is 1. The Morgan fingerprint density at radius 1 is 1.50 bits per heavy atom. The highest BCUT2D eigenvalue weighted by Crippen LogP contribution is 2.20. The van der Waals surface area contributed by atoms with E-state index in [9.17, 15) is 9.59 Å². The van der Waals surface area contributed by atoms with Crippen LogP contribution in [-0.4, -0.2) is 53.8 Å². The summed E-state index contributed by atoms with van der Waals surface area (Å²) in [5.41, 5.74) is 0. The van der Waals surface area contributed by atoms with Crippen LogP contribution >= 0.6 is 0 Å². The smallest absolute Gasteiger partial charge is 0.317 e. The Labute approximate surface area is 119 Å². The summed E-state index contributed by atoms with van der Waals surface area (Å²) in [4.78, 5) is 25.0. The summed E-state index contributed by atoms with van der Waals surface area (Å²) in [5.74, 6) is 0.917. The maximum atomic E-state index is 12.3. The number of hydrogen-bond donors (Lipinski definition) is 2. The zero-order valence-corrected chi connectivity index (χ0v) is 12.0. The minimum Gasteiger partial charge on any atom is -0.481 e. The van der Waals surface area contributed by atoms with Gasteiger partial charge in [-0.1, -0.05) is 6.92 Å². The minimum atomic E-state index is -0.936. The number of carboxylic acid groups (broad SMARTS) is 1. The number of aliphatic carboxylic acids is 1. The van der Waals surface area contributed by atoms with Crippen molar-refractivity contribution in [2.75, 3.05) is 19.8 Å². The van der Waals surface area contributed by atoms with Gasteiger partial charge in [-0.2, -0.15) is 0 Å². The van der Waals surface area contributed by atoms with Gasteiger partial charge in [0.1, 0.15) is 5.92 Å². The first kappa shape index (κ1) is 16.3. The second-order valence-corrected chi connectivity index (χ2v) is 4.80. The molecule has 20 heavy (non-hydrogen) atoms. The van der Waals surface area contributed by atoms with E-state index in [-0.39, 0.29) is 25.3 Å². The van der Waals surface area contributed by atoms with E-state index in [1.165, 1.54) is 4.90 Å². The van der Waals surface area contributed by atoms with Gasteiger partial charge in [0.15, 0.2) is 0 Å². The molecule has 3 atom stereocenters. The minimum absolute atomic E-state index is 0.0906. The van der Waals surface area contributed by atoms with E-state index in [1.807, 2.05) is 13.8 Å². The largest absolute Gasteiger partial charge is 0.481 e. The summed E-state index contributed by atoms with van der Waals surface area (Å²) in [5, 5.41) is 12.0. The summed E-state index contributed by atoms with van der Waals surface area (Å²) in [6.45, 7) is 4.59. The predicted octanol–water partition coefficient (Wildman–Crippen LogP) is 0.919. The van der Waals surface area contributed by atoms with E-state index in [2.05, 4.69) is 11.2 Å². The van der Waals surface area contributed by atoms with E-state index in [0.717, 1.165) is 6.42 Å². The molecule has 1 aliphatic rings. The van der Waals surface area contributed by atoms with Crippen molar-refractivity contribution in [1.29, 1.82) is 0 Å². The Morgan fingerprint density at radius 2 is 2.20 bits per heavy atom. The van der Waals surface area contributed by atoms with Gasteiger partial charge >= 0.3 is 12.0 Å². The first-order chi connectivity index (χ1) is 9.54. The number of nitrogens with zero attached hydrogens (tertiary/aromatic N) is 1. The fraction of sp³-hybridized carbons (Fsp3) is 0.714. The van der Waals surface area contributed by atoms with Gasteiger partial charge in [0.2, 0.25) is 0 Å². The third-order valence-corrected chi connectivity index (χ3v) is 3.55. The molecule has 0 aromatic carbocycles. The zero-order valence-electron chi connectivity index (χ0n) is 12.0. The van der Waals surface area contributed by atoms with Crippen LogP contribution in [0, 0.1) is 18.3 Å². The third kappa shape index (κ3) is 3.87. The summed E-state index contributed by atoms with van der Waals surface area (Å²) in [6, 6.07) is -0.802. The lowest BCUT2D eigenvalue weighted by atomic mass is 10.0. The van der Waals surface area contributed by atoms with Crippen molar-refractivity contribution in [2.45, 2.75) is 38.8 Å². The van der Waals surface area contributed by atoms with Crippen molar-refractivity contribution in [3.05, 3.63) is 0 Å². The molecule has 1 aliphatic heterocycles. The Kier molecular flexibility index (Phi) is 6.32. The molecule has 112 valence electrons. The number of carbonyl (C=O) groups is 2. The normalized spacial score (nSPS) is 22.9. The average Bonchev–Trinajstić information content (AvgIpc) is 2.88.